The molecule has 2 aromatic heterocycles. The lowest BCUT2D eigenvalue weighted by Gasteiger charge is -2.21. The van der Waals surface area contributed by atoms with E-state index in [0.717, 1.165) is 16.6 Å². The van der Waals surface area contributed by atoms with E-state index in [0.29, 0.717) is 17.9 Å². The van der Waals surface area contributed by atoms with Crippen LogP contribution in [0, 0.1) is 0 Å². The Morgan fingerprint density at radius 3 is 2.61 bits per heavy atom. The molecule has 1 unspecified atom stereocenters. The number of amides is 1. The zero-order valence-electron chi connectivity index (χ0n) is 17.6. The second kappa shape index (κ2) is 9.41. The fourth-order valence-corrected chi connectivity index (χ4v) is 2.84. The number of carboxylic acid groups (broad SMARTS) is 1. The predicted molar refractivity (Wildman–Crippen MR) is 110 cm³/mol. The number of imidazole rings is 1. The van der Waals surface area contributed by atoms with Crippen molar-refractivity contribution < 1.29 is 24.0 Å². The van der Waals surface area contributed by atoms with Gasteiger partial charge in [-0.2, -0.15) is 4.98 Å². The Hall–Kier alpha value is -3.69. The minimum atomic E-state index is -1.16. The van der Waals surface area contributed by atoms with Gasteiger partial charge in [-0.1, -0.05) is 35.5 Å². The molecule has 31 heavy (non-hydrogen) atoms. The van der Waals surface area contributed by atoms with Crippen molar-refractivity contribution >= 4 is 12.2 Å². The van der Waals surface area contributed by atoms with Crippen LogP contribution in [-0.2, 0) is 24.0 Å². The molecule has 0 bridgehead atoms. The second-order valence-corrected chi connectivity index (χ2v) is 7.99. The van der Waals surface area contributed by atoms with E-state index >= 15 is 0 Å². The highest BCUT2D eigenvalue weighted by Gasteiger charge is 2.26. The van der Waals surface area contributed by atoms with Crippen molar-refractivity contribution in [2.24, 2.45) is 0 Å². The number of hydrogen-bond acceptors (Lipinski definition) is 7. The molecule has 1 aromatic carbocycles. The van der Waals surface area contributed by atoms with Gasteiger partial charge in [0.15, 0.2) is 5.82 Å². The van der Waals surface area contributed by atoms with E-state index in [2.05, 4.69) is 20.4 Å². The van der Waals surface area contributed by atoms with Gasteiger partial charge in [-0.25, -0.2) is 19.1 Å². The molecule has 0 saturated carbocycles. The number of nitrogens with one attached hydrogen (secondary N) is 1. The highest BCUT2D eigenvalue weighted by molar-refractivity contribution is 5.68. The van der Waals surface area contributed by atoms with Gasteiger partial charge in [0.05, 0.1) is 5.69 Å². The average Bonchev–Trinajstić information content (AvgIpc) is 3.35. The lowest BCUT2D eigenvalue weighted by molar-refractivity contribution is 0.0493. The van der Waals surface area contributed by atoms with Gasteiger partial charge >= 0.3 is 12.2 Å². The number of carbonyl (C=O) groups excluding carboxylic acids is 1. The van der Waals surface area contributed by atoms with E-state index in [1.165, 1.54) is 12.5 Å². The molecule has 164 valence electrons. The molecule has 0 radical (unpaired) electrons. The monoisotopic (exact) mass is 427 g/mol. The molecule has 2 N–H and O–H groups in total. The number of nitrogens with zero attached hydrogens (tertiary/aromatic N) is 4. The number of ether oxygens (including phenoxy) is 1. The van der Waals surface area contributed by atoms with Gasteiger partial charge in [0.25, 0.3) is 0 Å². The van der Waals surface area contributed by atoms with Crippen LogP contribution in [-0.4, -0.2) is 42.6 Å². The summed E-state index contributed by atoms with van der Waals surface area (Å²) in [5.74, 6) is 0.699. The van der Waals surface area contributed by atoms with Gasteiger partial charge in [0.2, 0.25) is 5.89 Å². The quantitative estimate of drug-likeness (QED) is 0.586. The van der Waals surface area contributed by atoms with Crippen LogP contribution in [0.3, 0.4) is 0 Å². The van der Waals surface area contributed by atoms with Gasteiger partial charge in [-0.3, -0.25) is 0 Å². The Kier molecular flexibility index (Phi) is 6.68. The molecule has 10 nitrogen and oxygen atoms in total. The smallest absolute Gasteiger partial charge is 0.416 e. The first kappa shape index (κ1) is 22.0. The molecule has 1 atom stereocenters. The van der Waals surface area contributed by atoms with Gasteiger partial charge < -0.3 is 19.7 Å². The molecule has 2 heterocycles. The van der Waals surface area contributed by atoms with Crippen molar-refractivity contribution in [1.29, 1.82) is 0 Å². The topological polar surface area (TPSA) is 132 Å². The zero-order chi connectivity index (χ0) is 22.4. The Bertz CT molecular complexity index is 1020. The Balaban J connectivity index is 1.74. The molecule has 0 aliphatic rings. The maximum absolute atomic E-state index is 12.3. The molecule has 0 aliphatic heterocycles. The van der Waals surface area contributed by atoms with E-state index in [1.54, 1.807) is 20.8 Å². The van der Waals surface area contributed by atoms with Crippen LogP contribution in [0.1, 0.15) is 49.8 Å². The first-order valence-electron chi connectivity index (χ1n) is 9.82. The second-order valence-electron chi connectivity index (χ2n) is 7.99. The molecule has 0 saturated heterocycles. The predicted octanol–water partition coefficient (Wildman–Crippen LogP) is 3.39. The summed E-state index contributed by atoms with van der Waals surface area (Å²) in [6.07, 6.45) is 2.20. The number of hydrogen-bond donors (Lipinski definition) is 2. The fraction of sp³-hybridized carbons (Fsp3) is 0.381. The van der Waals surface area contributed by atoms with Crippen molar-refractivity contribution in [2.45, 2.75) is 51.7 Å². The van der Waals surface area contributed by atoms with Gasteiger partial charge in [0.1, 0.15) is 18.0 Å². The molecule has 0 aliphatic carbocycles. The van der Waals surface area contributed by atoms with E-state index in [1.807, 2.05) is 30.3 Å². The minimum absolute atomic E-state index is 0.153. The van der Waals surface area contributed by atoms with Gasteiger partial charge in [0, 0.05) is 19.0 Å². The first-order valence-corrected chi connectivity index (χ1v) is 9.82. The van der Waals surface area contributed by atoms with E-state index in [9.17, 15) is 9.59 Å². The molecule has 3 aromatic rings. The van der Waals surface area contributed by atoms with Crippen LogP contribution in [0.25, 0.3) is 0 Å². The van der Waals surface area contributed by atoms with Crippen LogP contribution in [0.5, 0.6) is 0 Å². The van der Waals surface area contributed by atoms with Crippen molar-refractivity contribution in [3.63, 3.8) is 0 Å². The van der Waals surface area contributed by atoms with E-state index < -0.39 is 23.8 Å². The molecule has 3 rings (SSSR count). The molecule has 0 spiro atoms. The molecule has 1 amide bonds. The van der Waals surface area contributed by atoms with E-state index in [-0.39, 0.29) is 12.3 Å². The molecular weight excluding hydrogens is 402 g/mol. The standard InChI is InChI=1S/C21H25N5O5/c1-21(2,3)30-19(27)23-16(11-15-12-26(13-22-15)20(28)29)18-24-17(25-31-18)10-9-14-7-5-4-6-8-14/h4-8,12-13,16H,9-11H2,1-3H3,(H,23,27)(H,28,29). The summed E-state index contributed by atoms with van der Waals surface area (Å²) in [5, 5.41) is 15.8. The number of rotatable bonds is 7. The van der Waals surface area contributed by atoms with Crippen molar-refractivity contribution in [2.75, 3.05) is 0 Å². The van der Waals surface area contributed by atoms with Crippen LogP contribution in [0.2, 0.25) is 0 Å². The van der Waals surface area contributed by atoms with Gasteiger partial charge in [-0.15, -0.1) is 0 Å². The summed E-state index contributed by atoms with van der Waals surface area (Å²) in [5.41, 5.74) is 0.902. The number of aryl methyl sites for hydroxylation is 2. The highest BCUT2D eigenvalue weighted by atomic mass is 16.6. The number of aromatic nitrogens is 4. The summed E-state index contributed by atoms with van der Waals surface area (Å²) in [6.45, 7) is 5.26. The van der Waals surface area contributed by atoms with Crippen molar-refractivity contribution in [3.8, 4) is 0 Å². The van der Waals surface area contributed by atoms with Crippen LogP contribution in [0.15, 0.2) is 47.4 Å². The third kappa shape index (κ3) is 6.66. The zero-order valence-corrected chi connectivity index (χ0v) is 17.6. The Morgan fingerprint density at radius 1 is 1.23 bits per heavy atom. The summed E-state index contributed by atoms with van der Waals surface area (Å²) in [4.78, 5) is 31.9. The summed E-state index contributed by atoms with van der Waals surface area (Å²) < 4.78 is 11.6. The van der Waals surface area contributed by atoms with Crippen LogP contribution in [0.4, 0.5) is 9.59 Å². The highest BCUT2D eigenvalue weighted by Crippen LogP contribution is 2.18. The summed E-state index contributed by atoms with van der Waals surface area (Å²) >= 11 is 0. The number of alkyl carbamates (subject to hydrolysis) is 1. The minimum Gasteiger partial charge on any atom is -0.464 e. The lowest BCUT2D eigenvalue weighted by Crippen LogP contribution is -2.36. The van der Waals surface area contributed by atoms with Crippen LogP contribution < -0.4 is 5.32 Å². The number of carbonyl (C=O) groups is 2. The number of benzene rings is 1. The largest absolute Gasteiger partial charge is 0.464 e. The van der Waals surface area contributed by atoms with Crippen LogP contribution >= 0.6 is 0 Å². The normalized spacial score (nSPS) is 12.4. The maximum Gasteiger partial charge on any atom is 0.416 e. The third-order valence-electron chi connectivity index (χ3n) is 4.22. The maximum atomic E-state index is 12.3. The molecule has 10 heteroatoms. The third-order valence-corrected chi connectivity index (χ3v) is 4.22. The van der Waals surface area contributed by atoms with Crippen molar-refractivity contribution in [1.82, 2.24) is 25.0 Å². The Morgan fingerprint density at radius 2 is 1.97 bits per heavy atom. The fourth-order valence-electron chi connectivity index (χ4n) is 2.84. The first-order chi connectivity index (χ1) is 14.7. The van der Waals surface area contributed by atoms with E-state index in [4.69, 9.17) is 14.4 Å². The average molecular weight is 427 g/mol. The molecule has 0 fully saturated rings. The Labute approximate surface area is 179 Å². The molecular formula is C21H25N5O5. The van der Waals surface area contributed by atoms with Crippen molar-refractivity contribution in [3.05, 3.63) is 65.8 Å². The summed E-state index contributed by atoms with van der Waals surface area (Å²) in [7, 11) is 0. The van der Waals surface area contributed by atoms with Gasteiger partial charge in [-0.05, 0) is 32.8 Å². The summed E-state index contributed by atoms with van der Waals surface area (Å²) in [6, 6.07) is 9.19. The lowest BCUT2D eigenvalue weighted by atomic mass is 10.1. The SMILES string of the molecule is CC(C)(C)OC(=O)NC(Cc1cn(C(=O)O)cn1)c1nc(CCc2ccccc2)no1.